The molecule has 0 aliphatic carbocycles. The van der Waals surface area contributed by atoms with Gasteiger partial charge in [-0.05, 0) is 36.5 Å². The van der Waals surface area contributed by atoms with Crippen LogP contribution in [0.1, 0.15) is 30.2 Å². The fraction of sp³-hybridized carbons (Fsp3) is 0.500. The van der Waals surface area contributed by atoms with Gasteiger partial charge < -0.3 is 19.4 Å². The van der Waals surface area contributed by atoms with E-state index >= 15 is 0 Å². The van der Waals surface area contributed by atoms with Crippen LogP contribution in [0, 0.1) is 5.92 Å². The van der Waals surface area contributed by atoms with Crippen LogP contribution in [0.25, 0.3) is 0 Å². The first kappa shape index (κ1) is 19.0. The standard InChI is InChI=1S/C22H29N3O3/c26-22(23-21(20-7-4-14-28-20)19-5-2-1-3-6-19)25-10-8-18(9-11-25)17-24-12-15-27-16-13-24/h1-7,14,18,21H,8-13,15-17H2,(H,23,26). The van der Waals surface area contributed by atoms with Crippen LogP contribution in [-0.4, -0.2) is 61.8 Å². The van der Waals surface area contributed by atoms with Crippen LogP contribution >= 0.6 is 0 Å². The third-order valence-corrected chi connectivity index (χ3v) is 5.75. The first-order chi connectivity index (χ1) is 13.8. The summed E-state index contributed by atoms with van der Waals surface area (Å²) in [6.07, 6.45) is 3.76. The molecule has 28 heavy (non-hydrogen) atoms. The highest BCUT2D eigenvalue weighted by atomic mass is 16.5. The monoisotopic (exact) mass is 383 g/mol. The van der Waals surface area contributed by atoms with Gasteiger partial charge in [-0.1, -0.05) is 30.3 Å². The second kappa shape index (κ2) is 9.26. The molecule has 2 saturated heterocycles. The fourth-order valence-electron chi connectivity index (χ4n) is 4.10. The zero-order valence-corrected chi connectivity index (χ0v) is 16.3. The van der Waals surface area contributed by atoms with E-state index in [1.807, 2.05) is 47.4 Å². The summed E-state index contributed by atoms with van der Waals surface area (Å²) in [5.74, 6) is 1.42. The lowest BCUT2D eigenvalue weighted by Crippen LogP contribution is -2.47. The van der Waals surface area contributed by atoms with E-state index in [2.05, 4.69) is 10.2 Å². The van der Waals surface area contributed by atoms with Gasteiger partial charge >= 0.3 is 6.03 Å². The molecule has 0 radical (unpaired) electrons. The molecule has 1 aromatic heterocycles. The van der Waals surface area contributed by atoms with Gasteiger partial charge in [0.2, 0.25) is 0 Å². The second-order valence-electron chi connectivity index (χ2n) is 7.65. The number of ether oxygens (including phenoxy) is 1. The van der Waals surface area contributed by atoms with Crippen molar-refractivity contribution in [3.63, 3.8) is 0 Å². The molecule has 1 aromatic carbocycles. The van der Waals surface area contributed by atoms with Crippen LogP contribution in [0.5, 0.6) is 0 Å². The molecule has 4 rings (SSSR count). The maximum atomic E-state index is 12.9. The lowest BCUT2D eigenvalue weighted by molar-refractivity contribution is 0.0258. The van der Waals surface area contributed by atoms with E-state index < -0.39 is 0 Å². The molecular formula is C22H29N3O3. The number of carbonyl (C=O) groups is 1. The normalized spacial score (nSPS) is 20.1. The lowest BCUT2D eigenvalue weighted by atomic mass is 9.96. The molecule has 0 spiro atoms. The second-order valence-corrected chi connectivity index (χ2v) is 7.65. The topological polar surface area (TPSA) is 58.0 Å². The Labute approximate surface area is 166 Å². The van der Waals surface area contributed by atoms with Gasteiger partial charge in [-0.3, -0.25) is 4.90 Å². The van der Waals surface area contributed by atoms with Crippen molar-refractivity contribution in [2.75, 3.05) is 45.9 Å². The summed E-state index contributed by atoms with van der Waals surface area (Å²) in [5.41, 5.74) is 1.02. The van der Waals surface area contributed by atoms with E-state index in [1.165, 1.54) is 0 Å². The Bertz CT molecular complexity index is 721. The Morgan fingerprint density at radius 2 is 1.79 bits per heavy atom. The summed E-state index contributed by atoms with van der Waals surface area (Å²) < 4.78 is 11.0. The number of hydrogen-bond acceptors (Lipinski definition) is 4. The van der Waals surface area contributed by atoms with Gasteiger partial charge in [0.1, 0.15) is 11.8 Å². The summed E-state index contributed by atoms with van der Waals surface area (Å²) in [6, 6.07) is 13.4. The van der Waals surface area contributed by atoms with Crippen LogP contribution in [0.3, 0.4) is 0 Å². The van der Waals surface area contributed by atoms with Crippen molar-refractivity contribution < 1.29 is 13.9 Å². The predicted octanol–water partition coefficient (Wildman–Crippen LogP) is 3.12. The van der Waals surface area contributed by atoms with Crippen LogP contribution in [0.2, 0.25) is 0 Å². The minimum atomic E-state index is -0.269. The molecule has 150 valence electrons. The summed E-state index contributed by atoms with van der Waals surface area (Å²) in [7, 11) is 0. The molecule has 0 saturated carbocycles. The molecule has 1 unspecified atom stereocenters. The fourth-order valence-corrected chi connectivity index (χ4v) is 4.10. The van der Waals surface area contributed by atoms with Crippen molar-refractivity contribution in [2.24, 2.45) is 5.92 Å². The Kier molecular flexibility index (Phi) is 6.29. The number of likely N-dealkylation sites (tertiary alicyclic amines) is 1. The Balaban J connectivity index is 1.33. The molecule has 1 atom stereocenters. The molecule has 6 heteroatoms. The van der Waals surface area contributed by atoms with Crippen LogP contribution < -0.4 is 5.32 Å². The van der Waals surface area contributed by atoms with Crippen molar-refractivity contribution >= 4 is 6.03 Å². The Morgan fingerprint density at radius 3 is 2.46 bits per heavy atom. The highest BCUT2D eigenvalue weighted by Gasteiger charge is 2.27. The minimum Gasteiger partial charge on any atom is -0.467 e. The number of piperidine rings is 1. The van der Waals surface area contributed by atoms with E-state index in [4.69, 9.17) is 9.15 Å². The number of nitrogens with zero attached hydrogens (tertiary/aromatic N) is 2. The molecule has 6 nitrogen and oxygen atoms in total. The van der Waals surface area contributed by atoms with Crippen molar-refractivity contribution in [1.29, 1.82) is 0 Å². The molecule has 2 aliphatic heterocycles. The van der Waals surface area contributed by atoms with Crippen LogP contribution in [0.15, 0.2) is 53.1 Å². The molecule has 0 bridgehead atoms. The lowest BCUT2D eigenvalue weighted by Gasteiger charge is -2.36. The van der Waals surface area contributed by atoms with Crippen molar-refractivity contribution in [3.8, 4) is 0 Å². The molecule has 3 heterocycles. The summed E-state index contributed by atoms with van der Waals surface area (Å²) in [5, 5.41) is 3.17. The predicted molar refractivity (Wildman–Crippen MR) is 107 cm³/mol. The first-order valence-electron chi connectivity index (χ1n) is 10.2. The molecule has 1 N–H and O–H groups in total. The minimum absolute atomic E-state index is 0.0184. The zero-order valence-electron chi connectivity index (χ0n) is 16.3. The van der Waals surface area contributed by atoms with E-state index in [0.29, 0.717) is 5.92 Å². The van der Waals surface area contributed by atoms with Crippen LogP contribution in [0.4, 0.5) is 4.79 Å². The number of urea groups is 1. The van der Waals surface area contributed by atoms with Crippen molar-refractivity contribution in [1.82, 2.24) is 15.1 Å². The van der Waals surface area contributed by atoms with E-state index in [9.17, 15) is 4.79 Å². The highest BCUT2D eigenvalue weighted by Crippen LogP contribution is 2.24. The number of rotatable bonds is 5. The molecule has 2 fully saturated rings. The number of amides is 2. The van der Waals surface area contributed by atoms with E-state index in [1.54, 1.807) is 6.26 Å². The first-order valence-corrected chi connectivity index (χ1v) is 10.2. The molecule has 2 aromatic rings. The summed E-state index contributed by atoms with van der Waals surface area (Å²) in [4.78, 5) is 17.4. The highest BCUT2D eigenvalue weighted by molar-refractivity contribution is 5.75. The van der Waals surface area contributed by atoms with Gasteiger partial charge in [0.25, 0.3) is 0 Å². The maximum absolute atomic E-state index is 12.9. The summed E-state index contributed by atoms with van der Waals surface area (Å²) in [6.45, 7) is 6.48. The van der Waals surface area contributed by atoms with E-state index in [0.717, 1.165) is 70.1 Å². The third-order valence-electron chi connectivity index (χ3n) is 5.75. The molecule has 2 amide bonds. The number of carbonyl (C=O) groups excluding carboxylic acids is 1. The van der Waals surface area contributed by atoms with Gasteiger partial charge in [-0.15, -0.1) is 0 Å². The average molecular weight is 383 g/mol. The Hall–Kier alpha value is -2.31. The van der Waals surface area contributed by atoms with Gasteiger partial charge in [0.15, 0.2) is 0 Å². The number of morpholine rings is 1. The third kappa shape index (κ3) is 4.75. The number of nitrogens with one attached hydrogen (secondary N) is 1. The van der Waals surface area contributed by atoms with Gasteiger partial charge in [0, 0.05) is 32.7 Å². The van der Waals surface area contributed by atoms with E-state index in [-0.39, 0.29) is 12.1 Å². The van der Waals surface area contributed by atoms with Gasteiger partial charge in [-0.2, -0.15) is 0 Å². The maximum Gasteiger partial charge on any atom is 0.318 e. The number of furan rings is 1. The number of hydrogen-bond donors (Lipinski definition) is 1. The molecule has 2 aliphatic rings. The van der Waals surface area contributed by atoms with Crippen LogP contribution in [-0.2, 0) is 4.74 Å². The zero-order chi connectivity index (χ0) is 19.2. The van der Waals surface area contributed by atoms with Gasteiger partial charge in [0.05, 0.1) is 19.5 Å². The smallest absolute Gasteiger partial charge is 0.318 e. The molecular weight excluding hydrogens is 354 g/mol. The Morgan fingerprint density at radius 1 is 1.04 bits per heavy atom. The largest absolute Gasteiger partial charge is 0.467 e. The van der Waals surface area contributed by atoms with Gasteiger partial charge in [-0.25, -0.2) is 4.79 Å². The quantitative estimate of drug-likeness (QED) is 0.862. The van der Waals surface area contributed by atoms with Crippen molar-refractivity contribution in [3.05, 3.63) is 60.1 Å². The average Bonchev–Trinajstić information content (AvgIpc) is 3.28. The number of benzene rings is 1. The van der Waals surface area contributed by atoms with Crippen molar-refractivity contribution in [2.45, 2.75) is 18.9 Å². The SMILES string of the molecule is O=C(NC(c1ccccc1)c1ccco1)N1CCC(CN2CCOCC2)CC1. The summed E-state index contributed by atoms with van der Waals surface area (Å²) >= 11 is 0.